The van der Waals surface area contributed by atoms with E-state index in [4.69, 9.17) is 24.7 Å². The number of aliphatic hydroxyl groups excluding tert-OH is 3. The molecule has 9 atom stereocenters. The summed E-state index contributed by atoms with van der Waals surface area (Å²) < 4.78 is 22.7. The molecule has 1 heterocycles. The van der Waals surface area contributed by atoms with Crippen LogP contribution in [0.5, 0.6) is 11.5 Å². The smallest absolute Gasteiger partial charge is 0.342 e. The van der Waals surface area contributed by atoms with E-state index in [1.54, 1.807) is 26.8 Å². The van der Waals surface area contributed by atoms with Crippen LogP contribution in [-0.2, 0) is 43.7 Å². The van der Waals surface area contributed by atoms with Gasteiger partial charge in [0.1, 0.15) is 34.2 Å². The Morgan fingerprint density at radius 1 is 1.02 bits per heavy atom. The van der Waals surface area contributed by atoms with Gasteiger partial charge in [0.2, 0.25) is 11.6 Å². The van der Waals surface area contributed by atoms with Gasteiger partial charge in [-0.15, -0.1) is 0 Å². The molecule has 0 spiro atoms. The highest BCUT2D eigenvalue weighted by molar-refractivity contribution is 6.24. The van der Waals surface area contributed by atoms with Gasteiger partial charge in [0.15, 0.2) is 17.8 Å². The summed E-state index contributed by atoms with van der Waals surface area (Å²) in [6, 6.07) is 8.00. The van der Waals surface area contributed by atoms with Gasteiger partial charge in [0.05, 0.1) is 29.5 Å². The number of aromatic hydroxyl groups is 2. The third-order valence-corrected chi connectivity index (χ3v) is 11.3. The highest BCUT2D eigenvalue weighted by Gasteiger charge is 2.68. The standard InChI is InChI=1S/C39H41NO15/c1-6-15(2)36(49)54-31-16(3)53-24(14-23(31)42)18-11-12-19-25(28(18)43)29(44)26-20(38(19,4)51)13-21-32(55-37(50)17-9-7-8-10-22(17)41)30(45)27(35(40)48)34(47)39(21,52-5)33(26)46/h6-12,16,20-21,23-24,31-32,41-44,47,51H,13-14H2,1-5H3,(H2,40,48)/b15-6-/t16-,20+,21+,23-,24-,31-,32-,38+,39+/m1/s1. The molecule has 1 saturated heterocycles. The molecule has 8 N–H and O–H groups in total. The third kappa shape index (κ3) is 5.87. The number of phenols is 2. The van der Waals surface area contributed by atoms with Crippen LogP contribution in [0, 0.1) is 11.8 Å². The largest absolute Gasteiger partial charge is 0.508 e. The zero-order chi connectivity index (χ0) is 40.5. The van der Waals surface area contributed by atoms with Gasteiger partial charge in [0.25, 0.3) is 5.91 Å². The van der Waals surface area contributed by atoms with E-state index in [9.17, 15) is 54.6 Å². The molecule has 0 radical (unpaired) electrons. The molecule has 6 rings (SSSR count). The van der Waals surface area contributed by atoms with E-state index < -0.39 is 124 Å². The fraction of sp³-hybridized carbons (Fsp3) is 0.410. The quantitative estimate of drug-likeness (QED) is 0.121. The molecule has 1 amide bonds. The lowest BCUT2D eigenvalue weighted by Crippen LogP contribution is -2.66. The van der Waals surface area contributed by atoms with Crippen LogP contribution >= 0.6 is 0 Å². The number of aliphatic hydroxyl groups is 4. The number of hydrogen-bond donors (Lipinski definition) is 7. The first-order valence-electron chi connectivity index (χ1n) is 17.4. The van der Waals surface area contributed by atoms with Crippen molar-refractivity contribution in [3.05, 3.63) is 87.2 Å². The Hall–Kier alpha value is -5.55. The minimum atomic E-state index is -2.69. The molecule has 292 valence electrons. The van der Waals surface area contributed by atoms with E-state index in [-0.39, 0.29) is 28.7 Å². The second-order valence-electron chi connectivity index (χ2n) is 14.3. The van der Waals surface area contributed by atoms with Crippen LogP contribution in [0.3, 0.4) is 0 Å². The summed E-state index contributed by atoms with van der Waals surface area (Å²) in [6.45, 7) is 6.06. The molecule has 0 bridgehead atoms. The molecule has 1 saturated carbocycles. The molecular weight excluding hydrogens is 722 g/mol. The number of amides is 1. The number of phenolic OH excluding ortho intramolecular Hbond substituents is 2. The number of primary amides is 1. The highest BCUT2D eigenvalue weighted by Crippen LogP contribution is 2.59. The van der Waals surface area contributed by atoms with Crippen LogP contribution in [0.1, 0.15) is 73.7 Å². The van der Waals surface area contributed by atoms with Gasteiger partial charge < -0.3 is 55.3 Å². The maximum Gasteiger partial charge on any atom is 0.342 e. The number of Topliss-reactive ketones (excluding diaryl/α,β-unsaturated/α-hetero) is 2. The number of methoxy groups -OCH3 is 1. The van der Waals surface area contributed by atoms with Crippen LogP contribution in [0.15, 0.2) is 65.0 Å². The molecule has 2 aromatic rings. The van der Waals surface area contributed by atoms with Gasteiger partial charge in [-0.25, -0.2) is 9.59 Å². The SMILES string of the molecule is C/C=C(/C)C(=O)O[C@H]1[C@H](O)C[C@H](c2ccc3c(c2O)C(O)=C2C(=O)[C@]4(OC)C(O)=C(C(N)=O)C(=O)[C@H](OC(=O)c5ccccc5O)[C@@H]4C[C@@H]2[C@@]3(C)O)O[C@@H]1C. The number of benzene rings is 2. The van der Waals surface area contributed by atoms with Gasteiger partial charge in [-0.2, -0.15) is 0 Å². The molecule has 1 aliphatic heterocycles. The normalized spacial score (nSPS) is 32.0. The average Bonchev–Trinajstić information content (AvgIpc) is 3.13. The number of para-hydroxylation sites is 1. The van der Waals surface area contributed by atoms with E-state index in [0.29, 0.717) is 5.57 Å². The van der Waals surface area contributed by atoms with Crippen molar-refractivity contribution < 1.29 is 73.6 Å². The fourth-order valence-electron chi connectivity index (χ4n) is 8.25. The molecule has 3 aliphatic carbocycles. The summed E-state index contributed by atoms with van der Waals surface area (Å²) in [5, 5.41) is 68.6. The predicted molar refractivity (Wildman–Crippen MR) is 188 cm³/mol. The minimum absolute atomic E-state index is 0.0428. The van der Waals surface area contributed by atoms with Crippen molar-refractivity contribution >= 4 is 35.2 Å². The molecule has 16 nitrogen and oxygen atoms in total. The van der Waals surface area contributed by atoms with Gasteiger partial charge in [-0.05, 0) is 51.8 Å². The van der Waals surface area contributed by atoms with Gasteiger partial charge in [-0.1, -0.05) is 30.3 Å². The van der Waals surface area contributed by atoms with E-state index >= 15 is 0 Å². The number of ether oxygens (including phenoxy) is 4. The van der Waals surface area contributed by atoms with E-state index in [1.165, 1.54) is 43.3 Å². The fourth-order valence-corrected chi connectivity index (χ4v) is 8.25. The third-order valence-electron chi connectivity index (χ3n) is 11.3. The number of esters is 2. The Labute approximate surface area is 314 Å². The maximum absolute atomic E-state index is 14.8. The number of ketones is 2. The van der Waals surface area contributed by atoms with Crippen molar-refractivity contribution in [3.8, 4) is 11.5 Å². The van der Waals surface area contributed by atoms with Crippen LogP contribution in [0.4, 0.5) is 0 Å². The Bertz CT molecular complexity index is 2100. The predicted octanol–water partition coefficient (Wildman–Crippen LogP) is 2.37. The second-order valence-corrected chi connectivity index (χ2v) is 14.3. The number of fused-ring (bicyclic) bond motifs is 3. The van der Waals surface area contributed by atoms with Crippen molar-refractivity contribution in [1.29, 1.82) is 0 Å². The zero-order valence-electron chi connectivity index (χ0n) is 30.4. The summed E-state index contributed by atoms with van der Waals surface area (Å²) in [6.07, 6.45) is -5.33. The second kappa shape index (κ2) is 13.9. The van der Waals surface area contributed by atoms with Crippen LogP contribution in [-0.4, -0.2) is 97.2 Å². The summed E-state index contributed by atoms with van der Waals surface area (Å²) in [5.41, 5.74) is -1.42. The number of allylic oxidation sites excluding steroid dienone is 1. The Balaban J connectivity index is 1.44. The molecule has 0 aromatic heterocycles. The first kappa shape index (κ1) is 39.2. The van der Waals surface area contributed by atoms with E-state index in [1.807, 2.05) is 0 Å². The van der Waals surface area contributed by atoms with E-state index in [2.05, 4.69) is 0 Å². The minimum Gasteiger partial charge on any atom is -0.508 e. The average molecular weight is 764 g/mol. The van der Waals surface area contributed by atoms with Crippen molar-refractivity contribution in [3.63, 3.8) is 0 Å². The molecule has 2 aromatic carbocycles. The summed E-state index contributed by atoms with van der Waals surface area (Å²) >= 11 is 0. The number of carbonyl (C=O) groups is 5. The molecule has 16 heteroatoms. The lowest BCUT2D eigenvalue weighted by Gasteiger charge is -2.53. The first-order chi connectivity index (χ1) is 25.8. The summed E-state index contributed by atoms with van der Waals surface area (Å²) in [5.74, 6) is -12.1. The van der Waals surface area contributed by atoms with Crippen LogP contribution in [0.25, 0.3) is 5.76 Å². The number of nitrogens with two attached hydrogens (primary N) is 1. The van der Waals surface area contributed by atoms with E-state index in [0.717, 1.165) is 7.11 Å². The van der Waals surface area contributed by atoms with Crippen LogP contribution < -0.4 is 5.73 Å². The lowest BCUT2D eigenvalue weighted by molar-refractivity contribution is -0.191. The lowest BCUT2D eigenvalue weighted by atomic mass is 9.55. The molecular formula is C39H41NO15. The van der Waals surface area contributed by atoms with Gasteiger partial charge in [0, 0.05) is 42.1 Å². The molecule has 0 unspecified atom stereocenters. The number of hydrogen-bond acceptors (Lipinski definition) is 15. The molecule has 55 heavy (non-hydrogen) atoms. The van der Waals surface area contributed by atoms with Crippen molar-refractivity contribution in [1.82, 2.24) is 0 Å². The zero-order valence-corrected chi connectivity index (χ0v) is 30.4. The Morgan fingerprint density at radius 3 is 2.29 bits per heavy atom. The molecule has 2 fully saturated rings. The molecule has 4 aliphatic rings. The highest BCUT2D eigenvalue weighted by atomic mass is 16.6. The van der Waals surface area contributed by atoms with Crippen molar-refractivity contribution in [2.75, 3.05) is 7.11 Å². The Morgan fingerprint density at radius 2 is 1.69 bits per heavy atom. The van der Waals surface area contributed by atoms with Crippen molar-refractivity contribution in [2.24, 2.45) is 17.6 Å². The maximum atomic E-state index is 14.8. The van der Waals surface area contributed by atoms with Gasteiger partial charge >= 0.3 is 11.9 Å². The van der Waals surface area contributed by atoms with Crippen molar-refractivity contribution in [2.45, 2.75) is 82.3 Å². The first-order valence-corrected chi connectivity index (χ1v) is 17.4. The summed E-state index contributed by atoms with van der Waals surface area (Å²) in [7, 11) is 0.969. The Kier molecular flexibility index (Phi) is 9.93. The van der Waals surface area contributed by atoms with Gasteiger partial charge in [-0.3, -0.25) is 14.4 Å². The number of rotatable bonds is 7. The summed E-state index contributed by atoms with van der Waals surface area (Å²) in [4.78, 5) is 67.0. The topological polar surface area (TPSA) is 270 Å². The monoisotopic (exact) mass is 763 g/mol. The number of carbonyl (C=O) groups excluding carboxylic acids is 5. The van der Waals surface area contributed by atoms with Crippen LogP contribution in [0.2, 0.25) is 0 Å².